The van der Waals surface area contributed by atoms with E-state index in [1.807, 2.05) is 0 Å². The standard InChI is InChI=1S/C15H18F5N3O3/c16-12(17)14(2-3-14)10(24)7-23-13(25)22-6-9-1-4-21-11(5-9)26-8-15(18,19)20/h1,4-5,10,12,24H,2-3,6-8H2,(H2,22,23,25)/t10-/m1/s1. The molecule has 11 heteroatoms. The maximum absolute atomic E-state index is 12.8. The number of hydrogen-bond donors (Lipinski definition) is 3. The average molecular weight is 383 g/mol. The molecule has 0 spiro atoms. The summed E-state index contributed by atoms with van der Waals surface area (Å²) in [5.41, 5.74) is -1.01. The molecule has 1 aromatic heterocycles. The van der Waals surface area contributed by atoms with Crippen LogP contribution in [0.4, 0.5) is 26.7 Å². The second-order valence-corrected chi connectivity index (χ2v) is 6.02. The lowest BCUT2D eigenvalue weighted by Crippen LogP contribution is -2.43. The van der Waals surface area contributed by atoms with Gasteiger partial charge in [0.2, 0.25) is 12.3 Å². The van der Waals surface area contributed by atoms with E-state index in [4.69, 9.17) is 0 Å². The Morgan fingerprint density at radius 1 is 1.35 bits per heavy atom. The second-order valence-electron chi connectivity index (χ2n) is 6.02. The number of halogens is 5. The molecule has 2 rings (SSSR count). The third-order valence-corrected chi connectivity index (χ3v) is 4.02. The van der Waals surface area contributed by atoms with Crippen LogP contribution in [0.2, 0.25) is 0 Å². The summed E-state index contributed by atoms with van der Waals surface area (Å²) in [6.45, 7) is -1.86. The molecule has 0 unspecified atom stereocenters. The zero-order valence-electron chi connectivity index (χ0n) is 13.5. The largest absolute Gasteiger partial charge is 0.468 e. The fourth-order valence-electron chi connectivity index (χ4n) is 2.27. The summed E-state index contributed by atoms with van der Waals surface area (Å²) in [5, 5.41) is 14.5. The molecule has 0 saturated heterocycles. The molecule has 26 heavy (non-hydrogen) atoms. The zero-order valence-corrected chi connectivity index (χ0v) is 13.5. The summed E-state index contributed by atoms with van der Waals surface area (Å²) in [6.07, 6.45) is -6.87. The van der Waals surface area contributed by atoms with Gasteiger partial charge in [0.15, 0.2) is 6.61 Å². The van der Waals surface area contributed by atoms with Crippen LogP contribution in [0.1, 0.15) is 18.4 Å². The van der Waals surface area contributed by atoms with E-state index in [0.29, 0.717) is 5.56 Å². The molecular formula is C15H18F5N3O3. The van der Waals surface area contributed by atoms with Crippen LogP contribution in [-0.2, 0) is 6.54 Å². The summed E-state index contributed by atoms with van der Waals surface area (Å²) in [5.74, 6) is -0.245. The van der Waals surface area contributed by atoms with E-state index < -0.39 is 36.8 Å². The number of nitrogens with zero attached hydrogens (tertiary/aromatic N) is 1. The van der Waals surface area contributed by atoms with Gasteiger partial charge in [0.1, 0.15) is 0 Å². The van der Waals surface area contributed by atoms with Crippen molar-refractivity contribution in [3.05, 3.63) is 23.9 Å². The van der Waals surface area contributed by atoms with Gasteiger partial charge in [-0.1, -0.05) is 0 Å². The Labute approximate surface area is 145 Å². The van der Waals surface area contributed by atoms with Crippen molar-refractivity contribution < 1.29 is 36.6 Å². The van der Waals surface area contributed by atoms with Crippen LogP contribution in [0.15, 0.2) is 18.3 Å². The van der Waals surface area contributed by atoms with Gasteiger partial charge in [-0.3, -0.25) is 0 Å². The number of hydrogen-bond acceptors (Lipinski definition) is 4. The SMILES string of the molecule is O=C(NCc1ccnc(OCC(F)(F)F)c1)NC[C@@H](O)C1(C(F)F)CC1. The van der Waals surface area contributed by atoms with Crippen molar-refractivity contribution >= 4 is 6.03 Å². The van der Waals surface area contributed by atoms with Crippen LogP contribution in [-0.4, -0.2) is 48.0 Å². The number of alkyl halides is 5. The zero-order chi connectivity index (χ0) is 19.4. The number of carbonyl (C=O) groups is 1. The minimum Gasteiger partial charge on any atom is -0.468 e. The van der Waals surface area contributed by atoms with Gasteiger partial charge in [0.25, 0.3) is 0 Å². The van der Waals surface area contributed by atoms with Crippen molar-refractivity contribution in [3.63, 3.8) is 0 Å². The lowest BCUT2D eigenvalue weighted by molar-refractivity contribution is -0.154. The van der Waals surface area contributed by atoms with Crippen molar-refractivity contribution in [2.45, 2.75) is 38.1 Å². The molecule has 1 aliphatic rings. The number of carbonyl (C=O) groups excluding carboxylic acids is 1. The van der Waals surface area contributed by atoms with Crippen molar-refractivity contribution in [3.8, 4) is 5.88 Å². The highest BCUT2D eigenvalue weighted by Crippen LogP contribution is 2.53. The topological polar surface area (TPSA) is 83.5 Å². The Morgan fingerprint density at radius 3 is 2.62 bits per heavy atom. The highest BCUT2D eigenvalue weighted by atomic mass is 19.4. The van der Waals surface area contributed by atoms with Crippen molar-refractivity contribution in [2.24, 2.45) is 5.41 Å². The quantitative estimate of drug-likeness (QED) is 0.601. The molecule has 0 bridgehead atoms. The Bertz CT molecular complexity index is 623. The molecule has 1 atom stereocenters. The molecule has 1 fully saturated rings. The average Bonchev–Trinajstić information content (AvgIpc) is 3.38. The third-order valence-electron chi connectivity index (χ3n) is 4.02. The first-order valence-corrected chi connectivity index (χ1v) is 7.75. The molecule has 2 amide bonds. The first-order chi connectivity index (χ1) is 12.1. The van der Waals surface area contributed by atoms with Gasteiger partial charge in [-0.25, -0.2) is 18.6 Å². The van der Waals surface area contributed by atoms with E-state index in [-0.39, 0.29) is 31.8 Å². The predicted octanol–water partition coefficient (Wildman–Crippen LogP) is 2.23. The number of aliphatic hydroxyl groups excluding tert-OH is 1. The summed E-state index contributed by atoms with van der Waals surface area (Å²) in [7, 11) is 0. The number of nitrogens with one attached hydrogen (secondary N) is 2. The smallest absolute Gasteiger partial charge is 0.422 e. The fourth-order valence-corrected chi connectivity index (χ4v) is 2.27. The molecule has 1 heterocycles. The third kappa shape index (κ3) is 5.68. The summed E-state index contributed by atoms with van der Waals surface area (Å²) >= 11 is 0. The van der Waals surface area contributed by atoms with Gasteiger partial charge in [-0.2, -0.15) is 13.2 Å². The number of amides is 2. The van der Waals surface area contributed by atoms with Gasteiger partial charge in [-0.15, -0.1) is 0 Å². The molecule has 146 valence electrons. The predicted molar refractivity (Wildman–Crippen MR) is 79.7 cm³/mol. The van der Waals surface area contributed by atoms with Gasteiger partial charge >= 0.3 is 12.2 Å². The number of urea groups is 1. The van der Waals surface area contributed by atoms with Crippen LogP contribution in [0.3, 0.4) is 0 Å². The highest BCUT2D eigenvalue weighted by Gasteiger charge is 2.56. The molecule has 0 aromatic carbocycles. The molecular weight excluding hydrogens is 365 g/mol. The Balaban J connectivity index is 1.75. The first kappa shape index (κ1) is 20.1. The molecule has 1 aromatic rings. The van der Waals surface area contributed by atoms with E-state index >= 15 is 0 Å². The molecule has 6 nitrogen and oxygen atoms in total. The molecule has 0 aliphatic heterocycles. The van der Waals surface area contributed by atoms with E-state index in [0.717, 1.165) is 0 Å². The monoisotopic (exact) mass is 383 g/mol. The Morgan fingerprint density at radius 2 is 2.04 bits per heavy atom. The van der Waals surface area contributed by atoms with Crippen LogP contribution in [0.25, 0.3) is 0 Å². The van der Waals surface area contributed by atoms with E-state index in [2.05, 4.69) is 20.4 Å². The van der Waals surface area contributed by atoms with Crippen LogP contribution < -0.4 is 15.4 Å². The van der Waals surface area contributed by atoms with E-state index in [9.17, 15) is 31.9 Å². The number of ether oxygens (including phenoxy) is 1. The number of pyridine rings is 1. The summed E-state index contributed by atoms with van der Waals surface area (Å²) < 4.78 is 66.4. The first-order valence-electron chi connectivity index (χ1n) is 7.75. The minimum atomic E-state index is -4.49. The number of aromatic nitrogens is 1. The van der Waals surface area contributed by atoms with Crippen LogP contribution >= 0.6 is 0 Å². The maximum Gasteiger partial charge on any atom is 0.422 e. The van der Waals surface area contributed by atoms with Gasteiger partial charge in [0.05, 0.1) is 11.5 Å². The summed E-state index contributed by atoms with van der Waals surface area (Å²) in [6, 6.07) is 1.99. The van der Waals surface area contributed by atoms with Crippen LogP contribution in [0, 0.1) is 5.41 Å². The molecule has 0 radical (unpaired) electrons. The highest BCUT2D eigenvalue weighted by molar-refractivity contribution is 5.73. The minimum absolute atomic E-state index is 0.0488. The molecule has 3 N–H and O–H groups in total. The van der Waals surface area contributed by atoms with Crippen molar-refractivity contribution in [1.82, 2.24) is 15.6 Å². The second kappa shape index (κ2) is 8.02. The summed E-state index contributed by atoms with van der Waals surface area (Å²) in [4.78, 5) is 15.3. The van der Waals surface area contributed by atoms with Crippen molar-refractivity contribution in [2.75, 3.05) is 13.2 Å². The molecule has 1 aliphatic carbocycles. The van der Waals surface area contributed by atoms with E-state index in [1.54, 1.807) is 0 Å². The van der Waals surface area contributed by atoms with Crippen molar-refractivity contribution in [1.29, 1.82) is 0 Å². The van der Waals surface area contributed by atoms with Crippen LogP contribution in [0.5, 0.6) is 5.88 Å². The molecule has 1 saturated carbocycles. The Kier molecular flexibility index (Phi) is 6.21. The lowest BCUT2D eigenvalue weighted by Gasteiger charge is -2.21. The van der Waals surface area contributed by atoms with Gasteiger partial charge in [0, 0.05) is 25.4 Å². The fraction of sp³-hybridized carbons (Fsp3) is 0.600. The Hall–Kier alpha value is -2.17. The maximum atomic E-state index is 12.8. The lowest BCUT2D eigenvalue weighted by atomic mass is 10.00. The number of rotatable bonds is 8. The normalized spacial score (nSPS) is 16.9. The van der Waals surface area contributed by atoms with Gasteiger partial charge in [-0.05, 0) is 24.5 Å². The van der Waals surface area contributed by atoms with Gasteiger partial charge < -0.3 is 20.5 Å². The van der Waals surface area contributed by atoms with E-state index in [1.165, 1.54) is 18.3 Å². The number of aliphatic hydroxyl groups is 1.